The summed E-state index contributed by atoms with van der Waals surface area (Å²) in [6, 6.07) is 0. The lowest BCUT2D eigenvalue weighted by molar-refractivity contribution is -0.134. The van der Waals surface area contributed by atoms with E-state index in [9.17, 15) is 4.79 Å². The van der Waals surface area contributed by atoms with Crippen LogP contribution < -0.4 is 0 Å². The summed E-state index contributed by atoms with van der Waals surface area (Å²) >= 11 is 0. The van der Waals surface area contributed by atoms with Gasteiger partial charge in [-0.3, -0.25) is 0 Å². The molecule has 1 aliphatic carbocycles. The second kappa shape index (κ2) is 6.27. The Hall–Kier alpha value is -0.873. The minimum Gasteiger partial charge on any atom is -0.466 e. The zero-order valence-electron chi connectivity index (χ0n) is 13.7. The van der Waals surface area contributed by atoms with Gasteiger partial charge < -0.3 is 9.16 Å². The molecule has 0 aromatic rings. The molecular weight excluding hydrogens is 268 g/mol. The fraction of sp³-hybridized carbons (Fsp3) is 0.688. The first-order chi connectivity index (χ1) is 9.06. The highest BCUT2D eigenvalue weighted by atomic mass is 28.4. The second-order valence-corrected chi connectivity index (χ2v) is 11.8. The summed E-state index contributed by atoms with van der Waals surface area (Å²) in [5.41, 5.74) is 2.25. The standard InChI is InChI=1S/C16H28O3Si/c1-12-8-9-13(11-15(17)18-5)10-14(12)19-20(6,7)16(2,3)4/h11,14H,1,8-10H2,2-7H3. The van der Waals surface area contributed by atoms with Gasteiger partial charge in [0, 0.05) is 6.08 Å². The highest BCUT2D eigenvalue weighted by Crippen LogP contribution is 2.40. The number of hydrogen-bond donors (Lipinski definition) is 0. The summed E-state index contributed by atoms with van der Waals surface area (Å²) in [7, 11) is -0.409. The molecule has 3 nitrogen and oxygen atoms in total. The Morgan fingerprint density at radius 2 is 1.95 bits per heavy atom. The van der Waals surface area contributed by atoms with E-state index in [0.717, 1.165) is 30.4 Å². The third kappa shape index (κ3) is 4.32. The van der Waals surface area contributed by atoms with Crippen LogP contribution in [0.1, 0.15) is 40.0 Å². The van der Waals surface area contributed by atoms with E-state index in [4.69, 9.17) is 9.16 Å². The van der Waals surface area contributed by atoms with Gasteiger partial charge in [-0.05, 0) is 43.0 Å². The van der Waals surface area contributed by atoms with E-state index in [2.05, 4.69) is 40.4 Å². The maximum Gasteiger partial charge on any atom is 0.330 e. The molecule has 0 aromatic heterocycles. The predicted molar refractivity (Wildman–Crippen MR) is 85.2 cm³/mol. The molecule has 0 amide bonds. The molecule has 1 fully saturated rings. The van der Waals surface area contributed by atoms with E-state index >= 15 is 0 Å². The number of carbonyl (C=O) groups excluding carboxylic acids is 1. The Morgan fingerprint density at radius 3 is 2.45 bits per heavy atom. The molecule has 1 rings (SSSR count). The third-order valence-corrected chi connectivity index (χ3v) is 8.92. The van der Waals surface area contributed by atoms with E-state index in [-0.39, 0.29) is 17.1 Å². The lowest BCUT2D eigenvalue weighted by Crippen LogP contribution is -2.45. The maximum absolute atomic E-state index is 11.4. The van der Waals surface area contributed by atoms with Crippen molar-refractivity contribution in [3.8, 4) is 0 Å². The topological polar surface area (TPSA) is 35.5 Å². The fourth-order valence-corrected chi connectivity index (χ4v) is 3.30. The molecule has 0 spiro atoms. The summed E-state index contributed by atoms with van der Waals surface area (Å²) in [4.78, 5) is 11.4. The first-order valence-corrected chi connectivity index (χ1v) is 10.1. The van der Waals surface area contributed by atoms with E-state index in [0.29, 0.717) is 0 Å². The van der Waals surface area contributed by atoms with Gasteiger partial charge in [0.2, 0.25) is 0 Å². The monoisotopic (exact) mass is 296 g/mol. The molecule has 0 aromatic carbocycles. The van der Waals surface area contributed by atoms with Gasteiger partial charge in [0.05, 0.1) is 13.2 Å². The summed E-state index contributed by atoms with van der Waals surface area (Å²) in [5.74, 6) is -0.279. The SMILES string of the molecule is C=C1CCC(=CC(=O)OC)CC1O[Si](C)(C)C(C)(C)C. The normalized spacial score (nSPS) is 23.0. The number of carbonyl (C=O) groups is 1. The number of rotatable bonds is 3. The van der Waals surface area contributed by atoms with Crippen LogP contribution in [0.4, 0.5) is 0 Å². The third-order valence-electron chi connectivity index (χ3n) is 4.44. The molecule has 1 saturated carbocycles. The Morgan fingerprint density at radius 1 is 1.35 bits per heavy atom. The van der Waals surface area contributed by atoms with Crippen molar-refractivity contribution in [2.45, 2.75) is 64.3 Å². The van der Waals surface area contributed by atoms with E-state index < -0.39 is 8.32 Å². The molecule has 20 heavy (non-hydrogen) atoms. The van der Waals surface area contributed by atoms with Crippen LogP contribution in [-0.2, 0) is 14.0 Å². The first-order valence-electron chi connectivity index (χ1n) is 7.19. The molecular formula is C16H28O3Si. The Bertz CT molecular complexity index is 416. The Labute approximate surface area is 124 Å². The number of methoxy groups -OCH3 is 1. The molecule has 1 atom stereocenters. The van der Waals surface area contributed by atoms with Crippen LogP contribution in [0.3, 0.4) is 0 Å². The van der Waals surface area contributed by atoms with Crippen molar-refractivity contribution < 1.29 is 14.0 Å². The fourth-order valence-electron chi connectivity index (χ4n) is 1.98. The molecule has 114 valence electrons. The van der Waals surface area contributed by atoms with Crippen LogP contribution in [0.15, 0.2) is 23.8 Å². The van der Waals surface area contributed by atoms with Gasteiger partial charge in [-0.15, -0.1) is 0 Å². The smallest absolute Gasteiger partial charge is 0.330 e. The molecule has 1 unspecified atom stereocenters. The van der Waals surface area contributed by atoms with Gasteiger partial charge >= 0.3 is 5.97 Å². The van der Waals surface area contributed by atoms with E-state index in [1.807, 2.05) is 0 Å². The van der Waals surface area contributed by atoms with E-state index in [1.165, 1.54) is 7.11 Å². The van der Waals surface area contributed by atoms with Gasteiger partial charge in [-0.1, -0.05) is 32.9 Å². The highest BCUT2D eigenvalue weighted by molar-refractivity contribution is 6.74. The summed E-state index contributed by atoms with van der Waals surface area (Å²) < 4.78 is 11.1. The predicted octanol–water partition coefficient (Wildman–Crippen LogP) is 4.22. The molecule has 0 aliphatic heterocycles. The second-order valence-electron chi connectivity index (χ2n) is 7.05. The molecule has 0 bridgehead atoms. The zero-order chi connectivity index (χ0) is 15.6. The van der Waals surface area contributed by atoms with Gasteiger partial charge in [-0.2, -0.15) is 0 Å². The van der Waals surface area contributed by atoms with Crippen LogP contribution in [-0.4, -0.2) is 27.5 Å². The summed E-state index contributed by atoms with van der Waals surface area (Å²) in [6.07, 6.45) is 4.18. The van der Waals surface area contributed by atoms with Crippen molar-refractivity contribution in [2.75, 3.05) is 7.11 Å². The lowest BCUT2D eigenvalue weighted by Gasteiger charge is -2.41. The van der Waals surface area contributed by atoms with Crippen molar-refractivity contribution in [1.82, 2.24) is 0 Å². The van der Waals surface area contributed by atoms with Crippen LogP contribution >= 0.6 is 0 Å². The van der Waals surface area contributed by atoms with Crippen molar-refractivity contribution in [1.29, 1.82) is 0 Å². The van der Waals surface area contributed by atoms with Gasteiger partial charge in [0.25, 0.3) is 0 Å². The number of hydrogen-bond acceptors (Lipinski definition) is 3. The zero-order valence-corrected chi connectivity index (χ0v) is 14.7. The van der Waals surface area contributed by atoms with Crippen molar-refractivity contribution in [2.24, 2.45) is 0 Å². The molecule has 0 heterocycles. The van der Waals surface area contributed by atoms with Crippen LogP contribution in [0.25, 0.3) is 0 Å². The Balaban J connectivity index is 2.81. The average Bonchev–Trinajstić information content (AvgIpc) is 2.31. The quantitative estimate of drug-likeness (QED) is 0.338. The van der Waals surface area contributed by atoms with Crippen molar-refractivity contribution in [3.05, 3.63) is 23.8 Å². The highest BCUT2D eigenvalue weighted by Gasteiger charge is 2.40. The van der Waals surface area contributed by atoms with Crippen molar-refractivity contribution >= 4 is 14.3 Å². The minimum absolute atomic E-state index is 0.0422. The van der Waals surface area contributed by atoms with Gasteiger partial charge in [0.15, 0.2) is 8.32 Å². The first kappa shape index (κ1) is 17.2. The minimum atomic E-state index is -1.82. The summed E-state index contributed by atoms with van der Waals surface area (Å²) in [6.45, 7) is 15.3. The average molecular weight is 296 g/mol. The van der Waals surface area contributed by atoms with E-state index in [1.54, 1.807) is 6.08 Å². The summed E-state index contributed by atoms with van der Waals surface area (Å²) in [5, 5.41) is 0.178. The van der Waals surface area contributed by atoms with Crippen LogP contribution in [0, 0.1) is 0 Å². The number of esters is 1. The molecule has 0 saturated heterocycles. The van der Waals surface area contributed by atoms with Crippen LogP contribution in [0.2, 0.25) is 18.1 Å². The van der Waals surface area contributed by atoms with Crippen LogP contribution in [0.5, 0.6) is 0 Å². The molecule has 0 N–H and O–H groups in total. The largest absolute Gasteiger partial charge is 0.466 e. The van der Waals surface area contributed by atoms with Crippen molar-refractivity contribution in [3.63, 3.8) is 0 Å². The Kier molecular flexibility index (Phi) is 5.38. The molecule has 4 heteroatoms. The lowest BCUT2D eigenvalue weighted by atomic mass is 9.89. The molecule has 1 aliphatic rings. The number of ether oxygens (including phenoxy) is 1. The van der Waals surface area contributed by atoms with Gasteiger partial charge in [0.1, 0.15) is 0 Å². The van der Waals surface area contributed by atoms with Gasteiger partial charge in [-0.25, -0.2) is 4.79 Å². The maximum atomic E-state index is 11.4. The molecule has 0 radical (unpaired) electrons.